The molecule has 2 N–H and O–H groups in total. The van der Waals surface area contributed by atoms with Gasteiger partial charge in [-0.1, -0.05) is 142 Å². The smallest absolute Gasteiger partial charge is 0.349 e. The van der Waals surface area contributed by atoms with Gasteiger partial charge in [0.1, 0.15) is 12.0 Å². The molecule has 0 radical (unpaired) electrons. The highest BCUT2D eigenvalue weighted by Gasteiger charge is 2.49. The maximum absolute atomic E-state index is 13.8. The minimum atomic E-state index is -4.49. The van der Waals surface area contributed by atoms with Gasteiger partial charge in [-0.05, 0) is 76.8 Å². The minimum absolute atomic E-state index is 0.0559. The van der Waals surface area contributed by atoms with Gasteiger partial charge in [-0.3, -0.25) is 9.59 Å². The molecule has 0 aromatic heterocycles. The van der Waals surface area contributed by atoms with Crippen molar-refractivity contribution in [2.24, 2.45) is 5.92 Å². The van der Waals surface area contributed by atoms with Crippen LogP contribution in [0.3, 0.4) is 0 Å². The molecule has 2 aliphatic rings. The SMILES string of the molecule is O=C(NC1CCCCC(CCCCC2(C(=O)NCC(F)(F)F)c3ccccc3-c3ccccc32)CCC1)c1ccccc1-c1ccc(Cl)cc1. The number of alkyl halides is 3. The van der Waals surface area contributed by atoms with E-state index in [4.69, 9.17) is 11.6 Å². The molecule has 4 aromatic carbocycles. The molecule has 8 heteroatoms. The number of amides is 2. The van der Waals surface area contributed by atoms with Crippen LogP contribution in [0.2, 0.25) is 5.02 Å². The Labute approximate surface area is 297 Å². The van der Waals surface area contributed by atoms with Gasteiger partial charge in [0.15, 0.2) is 0 Å². The summed E-state index contributed by atoms with van der Waals surface area (Å²) in [5.74, 6) is -0.105. The van der Waals surface area contributed by atoms with Crippen LogP contribution in [0.1, 0.15) is 92.1 Å². The first-order chi connectivity index (χ1) is 24.2. The number of hydrogen-bond donors (Lipinski definition) is 2. The first-order valence-corrected chi connectivity index (χ1v) is 18.2. The number of nitrogens with one attached hydrogen (secondary N) is 2. The van der Waals surface area contributed by atoms with Gasteiger partial charge >= 0.3 is 6.18 Å². The molecule has 2 unspecified atom stereocenters. The van der Waals surface area contributed by atoms with Crippen LogP contribution in [-0.4, -0.2) is 30.6 Å². The fourth-order valence-electron chi connectivity index (χ4n) is 8.13. The molecule has 4 nitrogen and oxygen atoms in total. The number of hydrogen-bond acceptors (Lipinski definition) is 2. The summed E-state index contributed by atoms with van der Waals surface area (Å²) >= 11 is 6.09. The van der Waals surface area contributed by atoms with Gasteiger partial charge in [0.05, 0.1) is 0 Å². The molecule has 50 heavy (non-hydrogen) atoms. The first kappa shape index (κ1) is 35.7. The predicted molar refractivity (Wildman–Crippen MR) is 194 cm³/mol. The summed E-state index contributed by atoms with van der Waals surface area (Å²) in [5, 5.41) is 6.22. The molecule has 2 atom stereocenters. The lowest BCUT2D eigenvalue weighted by molar-refractivity contribution is -0.141. The second-order valence-electron chi connectivity index (χ2n) is 13.8. The highest BCUT2D eigenvalue weighted by atomic mass is 35.5. The summed E-state index contributed by atoms with van der Waals surface area (Å²) in [4.78, 5) is 27.3. The summed E-state index contributed by atoms with van der Waals surface area (Å²) in [6.07, 6.45) is 5.76. The largest absolute Gasteiger partial charge is 0.405 e. The van der Waals surface area contributed by atoms with E-state index < -0.39 is 24.0 Å². The zero-order chi connectivity index (χ0) is 35.1. The zero-order valence-corrected chi connectivity index (χ0v) is 29.0. The molecule has 4 aromatic rings. The van der Waals surface area contributed by atoms with Crippen molar-refractivity contribution in [2.45, 2.75) is 88.3 Å². The third-order valence-electron chi connectivity index (χ3n) is 10.6. The van der Waals surface area contributed by atoms with E-state index in [1.54, 1.807) is 0 Å². The van der Waals surface area contributed by atoms with Crippen molar-refractivity contribution in [2.75, 3.05) is 6.54 Å². The Morgan fingerprint density at radius 2 is 1.30 bits per heavy atom. The molecule has 0 bridgehead atoms. The van der Waals surface area contributed by atoms with Crippen molar-refractivity contribution in [3.8, 4) is 22.3 Å². The van der Waals surface area contributed by atoms with Gasteiger partial charge in [0.2, 0.25) is 5.91 Å². The van der Waals surface area contributed by atoms with Crippen molar-refractivity contribution in [3.63, 3.8) is 0 Å². The monoisotopic (exact) mass is 700 g/mol. The van der Waals surface area contributed by atoms with Crippen LogP contribution in [-0.2, 0) is 10.2 Å². The Kier molecular flexibility index (Phi) is 11.3. The van der Waals surface area contributed by atoms with Gasteiger partial charge in [-0.2, -0.15) is 13.2 Å². The third-order valence-corrected chi connectivity index (χ3v) is 10.8. The number of carbonyl (C=O) groups is 2. The maximum atomic E-state index is 13.8. The van der Waals surface area contributed by atoms with Crippen molar-refractivity contribution in [1.29, 1.82) is 0 Å². The zero-order valence-electron chi connectivity index (χ0n) is 28.2. The second kappa shape index (κ2) is 15.8. The van der Waals surface area contributed by atoms with Gasteiger partial charge in [-0.25, -0.2) is 0 Å². The van der Waals surface area contributed by atoms with E-state index in [9.17, 15) is 22.8 Å². The summed E-state index contributed by atoms with van der Waals surface area (Å²) in [6, 6.07) is 30.6. The van der Waals surface area contributed by atoms with Crippen molar-refractivity contribution in [3.05, 3.63) is 119 Å². The van der Waals surface area contributed by atoms with Crippen molar-refractivity contribution in [1.82, 2.24) is 10.6 Å². The lowest BCUT2D eigenvalue weighted by Crippen LogP contribution is -2.47. The van der Waals surface area contributed by atoms with Crippen LogP contribution in [0.25, 0.3) is 22.3 Å². The normalized spacial score (nSPS) is 18.6. The molecule has 0 aliphatic heterocycles. The average molecular weight is 701 g/mol. The molecular formula is C42H44ClF3N2O2. The maximum Gasteiger partial charge on any atom is 0.405 e. The highest BCUT2D eigenvalue weighted by Crippen LogP contribution is 2.51. The van der Waals surface area contributed by atoms with E-state index in [0.29, 0.717) is 22.9 Å². The Bertz CT molecular complexity index is 1740. The average Bonchev–Trinajstić information content (AvgIpc) is 3.46. The molecule has 1 fully saturated rings. The molecule has 1 saturated carbocycles. The minimum Gasteiger partial charge on any atom is -0.349 e. The van der Waals surface area contributed by atoms with Crippen LogP contribution in [0.5, 0.6) is 0 Å². The number of halogens is 4. The summed E-state index contributed by atoms with van der Waals surface area (Å²) in [6.45, 7) is -1.35. The molecule has 0 saturated heterocycles. The standard InChI is InChI=1S/C42H44ClF3N2O2/c43-31-25-23-30(24-26-31)33-17-3-4-20-36(33)39(49)48-32-15-2-1-12-29(14-11-16-32)13-9-10-27-41(40(50)47-28-42(44,45)46)37-21-7-5-18-34(37)35-19-6-8-22-38(35)41/h3-8,17-26,29,32H,1-2,9-16,27-28H2,(H,47,50)(H,48,49). The molecule has 262 valence electrons. The van der Waals surface area contributed by atoms with Crippen LogP contribution in [0, 0.1) is 5.92 Å². The molecule has 0 heterocycles. The summed E-state index contributed by atoms with van der Waals surface area (Å²) in [7, 11) is 0. The number of benzene rings is 4. The fourth-order valence-corrected chi connectivity index (χ4v) is 8.26. The summed E-state index contributed by atoms with van der Waals surface area (Å²) < 4.78 is 39.7. The lowest BCUT2D eigenvalue weighted by atomic mass is 9.73. The number of carbonyl (C=O) groups excluding carboxylic acids is 2. The molecule has 2 amide bonds. The van der Waals surface area contributed by atoms with Gasteiger partial charge in [0.25, 0.3) is 5.91 Å². The first-order valence-electron chi connectivity index (χ1n) is 17.9. The highest BCUT2D eigenvalue weighted by molar-refractivity contribution is 6.30. The topological polar surface area (TPSA) is 58.2 Å². The number of rotatable bonds is 10. The van der Waals surface area contributed by atoms with Crippen LogP contribution < -0.4 is 10.6 Å². The third kappa shape index (κ3) is 8.10. The molecule has 2 aliphatic carbocycles. The Hall–Kier alpha value is -4.10. The molecule has 6 rings (SSSR count). The van der Waals surface area contributed by atoms with E-state index in [2.05, 4.69) is 10.6 Å². The Morgan fingerprint density at radius 3 is 1.98 bits per heavy atom. The van der Waals surface area contributed by atoms with E-state index in [1.807, 2.05) is 97.1 Å². The fraction of sp³-hybridized carbons (Fsp3) is 0.381. The number of unbranched alkanes of at least 4 members (excludes halogenated alkanes) is 1. The van der Waals surface area contributed by atoms with Crippen molar-refractivity contribution < 1.29 is 22.8 Å². The van der Waals surface area contributed by atoms with E-state index in [0.717, 1.165) is 97.6 Å². The Morgan fingerprint density at radius 1 is 0.720 bits per heavy atom. The Balaban J connectivity index is 1.06. The number of fused-ring (bicyclic) bond motifs is 3. The van der Waals surface area contributed by atoms with Crippen LogP contribution in [0.15, 0.2) is 97.1 Å². The second-order valence-corrected chi connectivity index (χ2v) is 14.3. The van der Waals surface area contributed by atoms with Crippen molar-refractivity contribution >= 4 is 23.4 Å². The van der Waals surface area contributed by atoms with Gasteiger partial charge in [0, 0.05) is 16.6 Å². The van der Waals surface area contributed by atoms with Crippen LogP contribution >= 0.6 is 11.6 Å². The predicted octanol–water partition coefficient (Wildman–Crippen LogP) is 10.7. The van der Waals surface area contributed by atoms with Gasteiger partial charge in [-0.15, -0.1) is 0 Å². The molecular weight excluding hydrogens is 657 g/mol. The summed E-state index contributed by atoms with van der Waals surface area (Å²) in [5.41, 5.74) is 4.73. The van der Waals surface area contributed by atoms with Crippen LogP contribution in [0.4, 0.5) is 13.2 Å². The van der Waals surface area contributed by atoms with E-state index in [1.165, 1.54) is 0 Å². The van der Waals surface area contributed by atoms with Gasteiger partial charge < -0.3 is 10.6 Å². The van der Waals surface area contributed by atoms with E-state index in [-0.39, 0.29) is 11.9 Å². The lowest BCUT2D eigenvalue weighted by Gasteiger charge is -2.31. The molecule has 0 spiro atoms. The quantitative estimate of drug-likeness (QED) is 0.162. The van der Waals surface area contributed by atoms with E-state index >= 15 is 0 Å².